The lowest BCUT2D eigenvalue weighted by atomic mass is 10.1. The molecule has 2 N–H and O–H groups in total. The molecule has 1 atom stereocenters. The maximum Gasteiger partial charge on any atom is 0.315 e. The number of nitrogens with one attached hydrogen (secondary N) is 2. The molecule has 6 heteroatoms. The van der Waals surface area contributed by atoms with Gasteiger partial charge in [-0.1, -0.05) is 24.6 Å². The number of nitrogens with zero attached hydrogens (tertiary/aromatic N) is 1. The van der Waals surface area contributed by atoms with Crippen LogP contribution in [0, 0.1) is 13.8 Å². The minimum Gasteiger partial charge on any atom is -0.361 e. The van der Waals surface area contributed by atoms with Crippen molar-refractivity contribution in [2.75, 3.05) is 0 Å². The molecule has 0 bridgehead atoms. The first-order valence-corrected chi connectivity index (χ1v) is 7.99. The Labute approximate surface area is 128 Å². The molecule has 2 heterocycles. The summed E-state index contributed by atoms with van der Waals surface area (Å²) in [6, 6.07) is 3.97. The normalized spacial score (nSPS) is 12.1. The highest BCUT2D eigenvalue weighted by Gasteiger charge is 2.15. The van der Waals surface area contributed by atoms with Crippen LogP contribution in [0.2, 0.25) is 0 Å². The summed E-state index contributed by atoms with van der Waals surface area (Å²) in [5.74, 6) is 0.746. The third kappa shape index (κ3) is 4.07. The second kappa shape index (κ2) is 7.26. The lowest BCUT2D eigenvalue weighted by Gasteiger charge is -2.17. The van der Waals surface area contributed by atoms with Gasteiger partial charge in [0.2, 0.25) is 0 Å². The Morgan fingerprint density at radius 1 is 1.48 bits per heavy atom. The molecule has 0 radical (unpaired) electrons. The van der Waals surface area contributed by atoms with Gasteiger partial charge in [0.25, 0.3) is 0 Å². The number of aryl methyl sites for hydroxylation is 2. The molecule has 0 saturated heterocycles. The number of urea groups is 1. The summed E-state index contributed by atoms with van der Waals surface area (Å²) in [7, 11) is 0. The highest BCUT2D eigenvalue weighted by Crippen LogP contribution is 2.23. The molecule has 0 aromatic carbocycles. The minimum atomic E-state index is -0.165. The summed E-state index contributed by atoms with van der Waals surface area (Å²) < 4.78 is 5.09. The van der Waals surface area contributed by atoms with Gasteiger partial charge in [-0.05, 0) is 31.7 Å². The fourth-order valence-electron chi connectivity index (χ4n) is 2.20. The Balaban J connectivity index is 1.91. The van der Waals surface area contributed by atoms with Crippen molar-refractivity contribution in [3.05, 3.63) is 39.4 Å². The fraction of sp³-hybridized carbons (Fsp3) is 0.467. The van der Waals surface area contributed by atoms with Gasteiger partial charge >= 0.3 is 6.03 Å². The molecule has 0 aliphatic carbocycles. The van der Waals surface area contributed by atoms with Crippen LogP contribution in [0.4, 0.5) is 4.79 Å². The molecule has 0 saturated carbocycles. The molecular formula is C15H21N3O2S. The van der Waals surface area contributed by atoms with Crippen molar-refractivity contribution in [1.82, 2.24) is 15.8 Å². The maximum absolute atomic E-state index is 12.1. The third-order valence-electron chi connectivity index (χ3n) is 3.38. The number of hydrogen-bond donors (Lipinski definition) is 2. The predicted molar refractivity (Wildman–Crippen MR) is 83.3 cm³/mol. The first-order valence-electron chi connectivity index (χ1n) is 7.11. The highest BCUT2D eigenvalue weighted by molar-refractivity contribution is 7.10. The van der Waals surface area contributed by atoms with E-state index >= 15 is 0 Å². The predicted octanol–water partition coefficient (Wildman–Crippen LogP) is 3.69. The van der Waals surface area contributed by atoms with Crippen molar-refractivity contribution in [2.45, 2.75) is 46.2 Å². The molecule has 2 rings (SSSR count). The molecule has 21 heavy (non-hydrogen) atoms. The number of aromatic nitrogens is 1. The van der Waals surface area contributed by atoms with Gasteiger partial charge in [-0.25, -0.2) is 4.79 Å². The van der Waals surface area contributed by atoms with Crippen LogP contribution < -0.4 is 10.6 Å². The van der Waals surface area contributed by atoms with Crippen LogP contribution in [0.25, 0.3) is 0 Å². The lowest BCUT2D eigenvalue weighted by molar-refractivity contribution is 0.236. The number of rotatable bonds is 6. The second-order valence-corrected chi connectivity index (χ2v) is 5.97. The first kappa shape index (κ1) is 15.6. The summed E-state index contributed by atoms with van der Waals surface area (Å²) in [5, 5.41) is 11.8. The van der Waals surface area contributed by atoms with Crippen LogP contribution in [0.15, 0.2) is 22.0 Å². The van der Waals surface area contributed by atoms with Crippen LogP contribution in [0.5, 0.6) is 0 Å². The topological polar surface area (TPSA) is 67.2 Å². The van der Waals surface area contributed by atoms with Crippen LogP contribution in [0.3, 0.4) is 0 Å². The maximum atomic E-state index is 12.1. The molecular weight excluding hydrogens is 286 g/mol. The minimum absolute atomic E-state index is 0.0691. The van der Waals surface area contributed by atoms with Gasteiger partial charge in [-0.3, -0.25) is 0 Å². The molecule has 0 spiro atoms. The molecule has 0 fully saturated rings. The Kier molecular flexibility index (Phi) is 5.38. The molecule has 0 unspecified atom stereocenters. The van der Waals surface area contributed by atoms with E-state index in [1.165, 1.54) is 4.88 Å². The average Bonchev–Trinajstić information content (AvgIpc) is 3.08. The van der Waals surface area contributed by atoms with E-state index in [2.05, 4.69) is 28.8 Å². The zero-order valence-corrected chi connectivity index (χ0v) is 13.4. The van der Waals surface area contributed by atoms with E-state index in [0.717, 1.165) is 29.9 Å². The monoisotopic (exact) mass is 307 g/mol. The Hall–Kier alpha value is -1.82. The summed E-state index contributed by atoms with van der Waals surface area (Å²) in [6.07, 6.45) is 1.95. The average molecular weight is 307 g/mol. The zero-order valence-electron chi connectivity index (χ0n) is 12.6. The summed E-state index contributed by atoms with van der Waals surface area (Å²) in [4.78, 5) is 13.3. The summed E-state index contributed by atoms with van der Waals surface area (Å²) in [6.45, 7) is 6.26. The van der Waals surface area contributed by atoms with E-state index in [1.807, 2.05) is 25.3 Å². The van der Waals surface area contributed by atoms with Crippen molar-refractivity contribution in [3.8, 4) is 0 Å². The van der Waals surface area contributed by atoms with E-state index in [9.17, 15) is 4.79 Å². The summed E-state index contributed by atoms with van der Waals surface area (Å²) >= 11 is 1.67. The van der Waals surface area contributed by atoms with Gasteiger partial charge in [0.1, 0.15) is 5.76 Å². The smallest absolute Gasteiger partial charge is 0.315 e. The number of carbonyl (C=O) groups excluding carboxylic acids is 1. The zero-order chi connectivity index (χ0) is 15.2. The van der Waals surface area contributed by atoms with Gasteiger partial charge < -0.3 is 15.2 Å². The molecule has 114 valence electrons. The van der Waals surface area contributed by atoms with E-state index in [-0.39, 0.29) is 12.1 Å². The summed E-state index contributed by atoms with van der Waals surface area (Å²) in [5.41, 5.74) is 1.75. The number of hydrogen-bond acceptors (Lipinski definition) is 4. The van der Waals surface area contributed by atoms with Gasteiger partial charge in [0, 0.05) is 17.0 Å². The molecule has 2 amide bonds. The number of thiophene rings is 1. The molecule has 0 aliphatic heterocycles. The van der Waals surface area contributed by atoms with E-state index in [4.69, 9.17) is 4.52 Å². The Morgan fingerprint density at radius 2 is 2.29 bits per heavy atom. The quantitative estimate of drug-likeness (QED) is 0.855. The number of amides is 2. The molecule has 2 aromatic heterocycles. The largest absolute Gasteiger partial charge is 0.361 e. The van der Waals surface area contributed by atoms with E-state index in [1.54, 1.807) is 11.3 Å². The second-order valence-electron chi connectivity index (χ2n) is 4.99. The third-order valence-corrected chi connectivity index (χ3v) is 4.36. The van der Waals surface area contributed by atoms with Crippen molar-refractivity contribution < 1.29 is 9.32 Å². The van der Waals surface area contributed by atoms with Crippen LogP contribution in [-0.4, -0.2) is 11.2 Å². The van der Waals surface area contributed by atoms with Crippen molar-refractivity contribution in [2.24, 2.45) is 0 Å². The molecule has 2 aromatic rings. The highest BCUT2D eigenvalue weighted by atomic mass is 32.1. The van der Waals surface area contributed by atoms with Gasteiger partial charge in [0.05, 0.1) is 11.7 Å². The fourth-order valence-corrected chi connectivity index (χ4v) is 3.01. The van der Waals surface area contributed by atoms with Crippen molar-refractivity contribution in [1.29, 1.82) is 0 Å². The van der Waals surface area contributed by atoms with Crippen LogP contribution >= 0.6 is 11.3 Å². The standard InChI is InChI=1S/C15H21N3O2S/c1-4-6-13(14-7-5-8-21-14)17-15(19)16-9-12-10(2)18-20-11(12)3/h5,7-8,13H,4,6,9H2,1-3H3,(H2,16,17,19)/t13-/m0/s1. The van der Waals surface area contributed by atoms with Gasteiger partial charge in [0.15, 0.2) is 0 Å². The first-order chi connectivity index (χ1) is 10.1. The van der Waals surface area contributed by atoms with E-state index < -0.39 is 0 Å². The van der Waals surface area contributed by atoms with Gasteiger partial charge in [-0.15, -0.1) is 11.3 Å². The Bertz CT molecular complexity index is 558. The SMILES string of the molecule is CCC[C@H](NC(=O)NCc1c(C)noc1C)c1cccs1. The Morgan fingerprint density at radius 3 is 2.86 bits per heavy atom. The molecule has 0 aliphatic rings. The number of carbonyl (C=O) groups is 1. The van der Waals surface area contributed by atoms with Gasteiger partial charge in [-0.2, -0.15) is 0 Å². The molecule has 5 nitrogen and oxygen atoms in total. The van der Waals surface area contributed by atoms with Crippen LogP contribution in [-0.2, 0) is 6.54 Å². The lowest BCUT2D eigenvalue weighted by Crippen LogP contribution is -2.37. The van der Waals surface area contributed by atoms with Crippen molar-refractivity contribution >= 4 is 17.4 Å². The van der Waals surface area contributed by atoms with Crippen LogP contribution in [0.1, 0.15) is 47.7 Å². The van der Waals surface area contributed by atoms with E-state index in [0.29, 0.717) is 6.54 Å². The van der Waals surface area contributed by atoms with Crippen molar-refractivity contribution in [3.63, 3.8) is 0 Å².